The highest BCUT2D eigenvalue weighted by Gasteiger charge is 2.32. The summed E-state index contributed by atoms with van der Waals surface area (Å²) in [6.07, 6.45) is 12.6. The highest BCUT2D eigenvalue weighted by Crippen LogP contribution is 2.45. The maximum absolute atomic E-state index is 14.5. The van der Waals surface area contributed by atoms with E-state index in [9.17, 15) is 8.78 Å². The zero-order valence-corrected chi connectivity index (χ0v) is 16.4. The molecule has 2 aliphatic rings. The molecule has 26 heavy (non-hydrogen) atoms. The van der Waals surface area contributed by atoms with Gasteiger partial charge in [-0.1, -0.05) is 38.7 Å². The van der Waals surface area contributed by atoms with Gasteiger partial charge in [0.1, 0.15) is 0 Å². The largest absolute Gasteiger partial charge is 0.491 e. The standard InChI is InChI=1S/C23H34F2O/c1-3-5-16-6-8-17(9-7-16)18-10-12-19(13-11-18)20-14-15-21(26-4-2)23(25)22(20)24/h14-19H,3-13H2,1-2H3. The molecule has 0 spiro atoms. The van der Waals surface area contributed by atoms with Crippen molar-refractivity contribution in [2.75, 3.05) is 6.61 Å². The summed E-state index contributed by atoms with van der Waals surface area (Å²) in [6, 6.07) is 3.34. The molecule has 2 fully saturated rings. The van der Waals surface area contributed by atoms with Crippen LogP contribution < -0.4 is 4.74 Å². The predicted molar refractivity (Wildman–Crippen MR) is 103 cm³/mol. The van der Waals surface area contributed by atoms with Gasteiger partial charge in [-0.3, -0.25) is 0 Å². The number of ether oxygens (including phenoxy) is 1. The van der Waals surface area contributed by atoms with Gasteiger partial charge in [0.05, 0.1) is 6.61 Å². The molecule has 3 rings (SSSR count). The summed E-state index contributed by atoms with van der Waals surface area (Å²) in [5.41, 5.74) is 0.552. The van der Waals surface area contributed by atoms with Gasteiger partial charge in [0.15, 0.2) is 11.6 Å². The van der Waals surface area contributed by atoms with Crippen molar-refractivity contribution >= 4 is 0 Å². The first-order chi connectivity index (χ1) is 12.6. The third kappa shape index (κ3) is 4.40. The lowest BCUT2D eigenvalue weighted by atomic mass is 9.68. The van der Waals surface area contributed by atoms with Crippen molar-refractivity contribution in [1.82, 2.24) is 0 Å². The lowest BCUT2D eigenvalue weighted by Gasteiger charge is -2.38. The fraction of sp³-hybridized carbons (Fsp3) is 0.739. The quantitative estimate of drug-likeness (QED) is 0.517. The molecule has 1 nitrogen and oxygen atoms in total. The van der Waals surface area contributed by atoms with E-state index in [4.69, 9.17) is 4.74 Å². The molecule has 0 radical (unpaired) electrons. The second-order valence-electron chi connectivity index (χ2n) is 8.40. The van der Waals surface area contributed by atoms with Gasteiger partial charge in [-0.05, 0) is 80.8 Å². The Balaban J connectivity index is 1.55. The Morgan fingerprint density at radius 3 is 2.04 bits per heavy atom. The number of benzene rings is 1. The van der Waals surface area contributed by atoms with Gasteiger partial charge >= 0.3 is 0 Å². The topological polar surface area (TPSA) is 9.23 Å². The molecule has 3 heteroatoms. The number of hydrogen-bond acceptors (Lipinski definition) is 1. The van der Waals surface area contributed by atoms with E-state index in [1.165, 1.54) is 51.4 Å². The summed E-state index contributed by atoms with van der Waals surface area (Å²) in [5, 5.41) is 0. The second kappa shape index (κ2) is 9.19. The molecule has 146 valence electrons. The Bertz CT molecular complexity index is 570. The normalized spacial score (nSPS) is 29.5. The van der Waals surface area contributed by atoms with E-state index in [1.54, 1.807) is 19.1 Å². The zero-order chi connectivity index (χ0) is 18.5. The average Bonchev–Trinajstić information content (AvgIpc) is 2.67. The fourth-order valence-corrected chi connectivity index (χ4v) is 5.39. The summed E-state index contributed by atoms with van der Waals surface area (Å²) in [5.74, 6) is 1.29. The maximum atomic E-state index is 14.5. The Hall–Kier alpha value is -1.12. The molecule has 0 bridgehead atoms. The van der Waals surface area contributed by atoms with E-state index in [-0.39, 0.29) is 11.7 Å². The first-order valence-electron chi connectivity index (χ1n) is 10.7. The first kappa shape index (κ1) is 19.6. The molecular weight excluding hydrogens is 330 g/mol. The lowest BCUT2D eigenvalue weighted by Crippen LogP contribution is -2.25. The molecule has 0 saturated heterocycles. The van der Waals surface area contributed by atoms with E-state index >= 15 is 0 Å². The molecule has 2 saturated carbocycles. The number of hydrogen-bond donors (Lipinski definition) is 0. The minimum Gasteiger partial charge on any atom is -0.491 e. The molecule has 0 aromatic heterocycles. The SMILES string of the molecule is CCCC1CCC(C2CCC(c3ccc(OCC)c(F)c3F)CC2)CC1. The molecule has 2 aliphatic carbocycles. The van der Waals surface area contributed by atoms with Gasteiger partial charge in [0, 0.05) is 0 Å². The van der Waals surface area contributed by atoms with Crippen molar-refractivity contribution in [3.8, 4) is 5.75 Å². The number of halogens is 2. The number of rotatable bonds is 6. The Morgan fingerprint density at radius 2 is 1.46 bits per heavy atom. The smallest absolute Gasteiger partial charge is 0.200 e. The van der Waals surface area contributed by atoms with Crippen molar-refractivity contribution in [1.29, 1.82) is 0 Å². The fourth-order valence-electron chi connectivity index (χ4n) is 5.39. The van der Waals surface area contributed by atoms with Crippen LogP contribution >= 0.6 is 0 Å². The third-order valence-electron chi connectivity index (χ3n) is 6.84. The van der Waals surface area contributed by atoms with Gasteiger partial charge in [0.25, 0.3) is 0 Å². The van der Waals surface area contributed by atoms with Crippen LogP contribution in [-0.4, -0.2) is 6.61 Å². The monoisotopic (exact) mass is 364 g/mol. The van der Waals surface area contributed by atoms with E-state index in [0.29, 0.717) is 12.2 Å². The molecule has 0 unspecified atom stereocenters. The van der Waals surface area contributed by atoms with Crippen molar-refractivity contribution in [2.45, 2.75) is 84.0 Å². The molecule has 0 aliphatic heterocycles. The Labute approximate surface area is 157 Å². The average molecular weight is 365 g/mol. The summed E-state index contributed by atoms with van der Waals surface area (Å²) < 4.78 is 33.8. The third-order valence-corrected chi connectivity index (χ3v) is 6.84. The molecule has 0 amide bonds. The molecule has 0 N–H and O–H groups in total. The van der Waals surface area contributed by atoms with E-state index < -0.39 is 11.6 Å². The van der Waals surface area contributed by atoms with Crippen LogP contribution in [-0.2, 0) is 0 Å². The van der Waals surface area contributed by atoms with Gasteiger partial charge < -0.3 is 4.74 Å². The van der Waals surface area contributed by atoms with E-state index in [1.807, 2.05) is 0 Å². The van der Waals surface area contributed by atoms with Gasteiger partial charge in [-0.25, -0.2) is 4.39 Å². The minimum absolute atomic E-state index is 0.0336. The van der Waals surface area contributed by atoms with Crippen LogP contribution in [0.1, 0.15) is 89.5 Å². The highest BCUT2D eigenvalue weighted by atomic mass is 19.2. The van der Waals surface area contributed by atoms with Crippen molar-refractivity contribution in [2.24, 2.45) is 17.8 Å². The summed E-state index contributed by atoms with van der Waals surface area (Å²) in [4.78, 5) is 0. The molecule has 0 atom stereocenters. The van der Waals surface area contributed by atoms with Gasteiger partial charge in [-0.15, -0.1) is 0 Å². The molecular formula is C23H34F2O. The van der Waals surface area contributed by atoms with Gasteiger partial charge in [0.2, 0.25) is 5.82 Å². The minimum atomic E-state index is -0.819. The van der Waals surface area contributed by atoms with E-state index in [2.05, 4.69) is 6.92 Å². The first-order valence-corrected chi connectivity index (χ1v) is 10.7. The zero-order valence-electron chi connectivity index (χ0n) is 16.4. The Kier molecular flexibility index (Phi) is 6.94. The summed E-state index contributed by atoms with van der Waals surface area (Å²) in [6.45, 7) is 4.42. The van der Waals surface area contributed by atoms with Crippen molar-refractivity contribution < 1.29 is 13.5 Å². The summed E-state index contributed by atoms with van der Waals surface area (Å²) >= 11 is 0. The lowest BCUT2D eigenvalue weighted by molar-refractivity contribution is 0.155. The van der Waals surface area contributed by atoms with Crippen LogP contribution in [0.3, 0.4) is 0 Å². The molecule has 1 aromatic rings. The second-order valence-corrected chi connectivity index (χ2v) is 8.40. The van der Waals surface area contributed by atoms with Crippen molar-refractivity contribution in [3.63, 3.8) is 0 Å². The van der Waals surface area contributed by atoms with Crippen LogP contribution in [0.4, 0.5) is 8.78 Å². The van der Waals surface area contributed by atoms with Crippen LogP contribution in [0.25, 0.3) is 0 Å². The predicted octanol–water partition coefficient (Wildman–Crippen LogP) is 7.24. The Morgan fingerprint density at radius 1 is 0.846 bits per heavy atom. The van der Waals surface area contributed by atoms with E-state index in [0.717, 1.165) is 30.6 Å². The molecule has 0 heterocycles. The molecule has 1 aromatic carbocycles. The van der Waals surface area contributed by atoms with Crippen LogP contribution in [0.15, 0.2) is 12.1 Å². The van der Waals surface area contributed by atoms with Gasteiger partial charge in [-0.2, -0.15) is 4.39 Å². The summed E-state index contributed by atoms with van der Waals surface area (Å²) in [7, 11) is 0. The highest BCUT2D eigenvalue weighted by molar-refractivity contribution is 5.33. The maximum Gasteiger partial charge on any atom is 0.200 e. The van der Waals surface area contributed by atoms with Crippen LogP contribution in [0.5, 0.6) is 5.75 Å². The van der Waals surface area contributed by atoms with Crippen LogP contribution in [0, 0.1) is 29.4 Å². The van der Waals surface area contributed by atoms with Crippen molar-refractivity contribution in [3.05, 3.63) is 29.3 Å². The van der Waals surface area contributed by atoms with Crippen LogP contribution in [0.2, 0.25) is 0 Å².